The first kappa shape index (κ1) is 13.6. The van der Waals surface area contributed by atoms with Crippen LogP contribution in [0.25, 0.3) is 0 Å². The van der Waals surface area contributed by atoms with E-state index in [2.05, 4.69) is 15.5 Å². The molecule has 1 aromatic heterocycles. The zero-order valence-electron chi connectivity index (χ0n) is 10.2. The maximum Gasteiger partial charge on any atom is 0.257 e. The molecule has 7 heteroatoms. The zero-order chi connectivity index (χ0) is 13.7. The molecule has 0 aliphatic rings. The summed E-state index contributed by atoms with van der Waals surface area (Å²) in [5.74, 6) is -0.874. The van der Waals surface area contributed by atoms with E-state index in [1.165, 1.54) is 29.5 Å². The molecule has 5 nitrogen and oxygen atoms in total. The molecule has 0 saturated heterocycles. The first-order valence-corrected chi connectivity index (χ1v) is 6.47. The van der Waals surface area contributed by atoms with E-state index in [0.29, 0.717) is 23.4 Å². The van der Waals surface area contributed by atoms with Crippen LogP contribution in [-0.2, 0) is 11.3 Å². The third-order valence-corrected chi connectivity index (χ3v) is 3.02. The van der Waals surface area contributed by atoms with Crippen molar-refractivity contribution in [3.8, 4) is 0 Å². The molecule has 0 bridgehead atoms. The van der Waals surface area contributed by atoms with Gasteiger partial charge in [-0.3, -0.25) is 10.1 Å². The summed E-state index contributed by atoms with van der Waals surface area (Å²) in [6.45, 7) is 2.84. The number of hydrogen-bond donors (Lipinski definition) is 1. The van der Waals surface area contributed by atoms with Gasteiger partial charge in [-0.1, -0.05) is 17.4 Å². The van der Waals surface area contributed by atoms with Crippen molar-refractivity contribution in [3.05, 3.63) is 40.7 Å². The second kappa shape index (κ2) is 6.35. The summed E-state index contributed by atoms with van der Waals surface area (Å²) in [5.41, 5.74) is 0.238. The monoisotopic (exact) mass is 281 g/mol. The Kier molecular flexibility index (Phi) is 4.53. The predicted molar refractivity (Wildman–Crippen MR) is 69.6 cm³/mol. The van der Waals surface area contributed by atoms with Crippen LogP contribution in [0.1, 0.15) is 22.3 Å². The Bertz CT molecular complexity index is 574. The van der Waals surface area contributed by atoms with Gasteiger partial charge >= 0.3 is 0 Å². The average molecular weight is 281 g/mol. The average Bonchev–Trinajstić information content (AvgIpc) is 2.84. The number of nitrogens with one attached hydrogen (secondary N) is 1. The molecule has 1 amide bonds. The van der Waals surface area contributed by atoms with E-state index >= 15 is 0 Å². The summed E-state index contributed by atoms with van der Waals surface area (Å²) >= 11 is 1.23. The Morgan fingerprint density at radius 2 is 2.32 bits per heavy atom. The van der Waals surface area contributed by atoms with Gasteiger partial charge in [0.25, 0.3) is 5.91 Å². The lowest BCUT2D eigenvalue weighted by Gasteiger charge is -2.00. The maximum atomic E-state index is 13.0. The molecule has 1 aromatic carbocycles. The molecular formula is C12H12FN3O2S. The van der Waals surface area contributed by atoms with Gasteiger partial charge in [0.2, 0.25) is 5.13 Å². The van der Waals surface area contributed by atoms with E-state index < -0.39 is 11.7 Å². The number of benzene rings is 1. The summed E-state index contributed by atoms with van der Waals surface area (Å²) in [6.07, 6.45) is 0. The van der Waals surface area contributed by atoms with Crippen molar-refractivity contribution in [2.45, 2.75) is 13.5 Å². The minimum atomic E-state index is -0.457. The molecule has 0 unspecified atom stereocenters. The number of anilines is 1. The van der Waals surface area contributed by atoms with E-state index in [4.69, 9.17) is 4.74 Å². The van der Waals surface area contributed by atoms with Gasteiger partial charge in [-0.25, -0.2) is 4.39 Å². The number of amides is 1. The molecular weight excluding hydrogens is 269 g/mol. The third-order valence-electron chi connectivity index (χ3n) is 2.20. The van der Waals surface area contributed by atoms with E-state index in [0.717, 1.165) is 6.07 Å². The molecule has 1 N–H and O–H groups in total. The summed E-state index contributed by atoms with van der Waals surface area (Å²) in [4.78, 5) is 11.8. The van der Waals surface area contributed by atoms with Crippen LogP contribution in [0.2, 0.25) is 0 Å². The van der Waals surface area contributed by atoms with Crippen molar-refractivity contribution < 1.29 is 13.9 Å². The second-order valence-electron chi connectivity index (χ2n) is 3.60. The molecule has 100 valence electrons. The Labute approximate surface area is 113 Å². The van der Waals surface area contributed by atoms with Crippen LogP contribution in [0.5, 0.6) is 0 Å². The van der Waals surface area contributed by atoms with Crippen LogP contribution in [0.3, 0.4) is 0 Å². The fourth-order valence-corrected chi connectivity index (χ4v) is 2.02. The quantitative estimate of drug-likeness (QED) is 0.914. The van der Waals surface area contributed by atoms with Crippen LogP contribution < -0.4 is 5.32 Å². The largest absolute Gasteiger partial charge is 0.374 e. The standard InChI is InChI=1S/C12H12FN3O2S/c1-2-18-7-10-15-16-12(19-10)14-11(17)8-4-3-5-9(13)6-8/h3-6H,2,7H2,1H3,(H,14,16,17). The van der Waals surface area contributed by atoms with Crippen molar-refractivity contribution in [1.82, 2.24) is 10.2 Å². The molecule has 0 saturated carbocycles. The number of hydrogen-bond acceptors (Lipinski definition) is 5. The van der Waals surface area contributed by atoms with Crippen LogP contribution in [-0.4, -0.2) is 22.7 Å². The number of ether oxygens (including phenoxy) is 1. The molecule has 0 aliphatic heterocycles. The van der Waals surface area contributed by atoms with Crippen LogP contribution in [0, 0.1) is 5.82 Å². The first-order valence-electron chi connectivity index (χ1n) is 5.66. The molecule has 0 atom stereocenters. The van der Waals surface area contributed by atoms with Crippen LogP contribution in [0.15, 0.2) is 24.3 Å². The number of carbonyl (C=O) groups excluding carboxylic acids is 1. The lowest BCUT2D eigenvalue weighted by molar-refractivity contribution is 0.102. The van der Waals surface area contributed by atoms with Gasteiger partial charge in [0.1, 0.15) is 17.4 Å². The summed E-state index contributed by atoms with van der Waals surface area (Å²) < 4.78 is 18.2. The van der Waals surface area contributed by atoms with Gasteiger partial charge in [-0.05, 0) is 25.1 Å². The van der Waals surface area contributed by atoms with Crippen molar-refractivity contribution in [2.75, 3.05) is 11.9 Å². The highest BCUT2D eigenvalue weighted by Gasteiger charge is 2.10. The zero-order valence-corrected chi connectivity index (χ0v) is 11.0. The highest BCUT2D eigenvalue weighted by atomic mass is 32.1. The molecule has 0 radical (unpaired) electrons. The third kappa shape index (κ3) is 3.80. The lowest BCUT2D eigenvalue weighted by Crippen LogP contribution is -2.11. The van der Waals surface area contributed by atoms with Gasteiger partial charge in [-0.15, -0.1) is 10.2 Å². The van der Waals surface area contributed by atoms with Gasteiger partial charge in [0, 0.05) is 12.2 Å². The number of carbonyl (C=O) groups is 1. The van der Waals surface area contributed by atoms with Gasteiger partial charge < -0.3 is 4.74 Å². The molecule has 19 heavy (non-hydrogen) atoms. The van der Waals surface area contributed by atoms with Crippen molar-refractivity contribution in [3.63, 3.8) is 0 Å². The fraction of sp³-hybridized carbons (Fsp3) is 0.250. The molecule has 2 aromatic rings. The van der Waals surface area contributed by atoms with E-state index in [1.807, 2.05) is 6.92 Å². The van der Waals surface area contributed by atoms with Gasteiger partial charge in [-0.2, -0.15) is 0 Å². The lowest BCUT2D eigenvalue weighted by atomic mass is 10.2. The van der Waals surface area contributed by atoms with Gasteiger partial charge in [0.05, 0.1) is 0 Å². The minimum absolute atomic E-state index is 0.238. The van der Waals surface area contributed by atoms with Crippen molar-refractivity contribution in [2.24, 2.45) is 0 Å². The highest BCUT2D eigenvalue weighted by Crippen LogP contribution is 2.17. The van der Waals surface area contributed by atoms with E-state index in [-0.39, 0.29) is 5.56 Å². The van der Waals surface area contributed by atoms with E-state index in [9.17, 15) is 9.18 Å². The molecule has 0 spiro atoms. The van der Waals surface area contributed by atoms with Crippen LogP contribution >= 0.6 is 11.3 Å². The predicted octanol–water partition coefficient (Wildman–Crippen LogP) is 2.47. The second-order valence-corrected chi connectivity index (χ2v) is 4.66. The molecule has 0 aliphatic carbocycles. The van der Waals surface area contributed by atoms with Gasteiger partial charge in [0.15, 0.2) is 0 Å². The summed E-state index contributed by atoms with van der Waals surface area (Å²) in [7, 11) is 0. The summed E-state index contributed by atoms with van der Waals surface area (Å²) in [5, 5.41) is 11.3. The number of nitrogens with zero attached hydrogens (tertiary/aromatic N) is 2. The summed E-state index contributed by atoms with van der Waals surface area (Å²) in [6, 6.07) is 5.45. The molecule has 0 fully saturated rings. The Morgan fingerprint density at radius 1 is 1.47 bits per heavy atom. The number of rotatable bonds is 5. The van der Waals surface area contributed by atoms with Crippen molar-refractivity contribution >= 4 is 22.4 Å². The topological polar surface area (TPSA) is 64.1 Å². The highest BCUT2D eigenvalue weighted by molar-refractivity contribution is 7.15. The van der Waals surface area contributed by atoms with Crippen molar-refractivity contribution in [1.29, 1.82) is 0 Å². The maximum absolute atomic E-state index is 13.0. The molecule has 2 rings (SSSR count). The SMILES string of the molecule is CCOCc1nnc(NC(=O)c2cccc(F)c2)s1. The normalized spacial score (nSPS) is 10.4. The Morgan fingerprint density at radius 3 is 3.05 bits per heavy atom. The molecule has 1 heterocycles. The smallest absolute Gasteiger partial charge is 0.257 e. The fourth-order valence-electron chi connectivity index (χ4n) is 1.35. The Hall–Kier alpha value is -1.86. The van der Waals surface area contributed by atoms with Crippen LogP contribution in [0.4, 0.5) is 9.52 Å². The number of halogens is 1. The minimum Gasteiger partial charge on any atom is -0.374 e. The van der Waals surface area contributed by atoms with E-state index in [1.54, 1.807) is 0 Å². The number of aromatic nitrogens is 2. The first-order chi connectivity index (χ1) is 9.19. The Balaban J connectivity index is 2.00.